The Hall–Kier alpha value is -2.08. The Morgan fingerprint density at radius 2 is 1.44 bits per heavy atom. The van der Waals surface area contributed by atoms with Crippen molar-refractivity contribution < 1.29 is 0 Å². The molecular weight excluding hydrogens is 408 g/mol. The second-order valence-electron chi connectivity index (χ2n) is 12.0. The lowest BCUT2D eigenvalue weighted by Gasteiger charge is -2.30. The SMILES string of the molecule is C=Cc1ccc(CCC/C(C)=C/C)cc1.CCC(C)c1cc(C(C)(C)C)c(C)c(C(C)(C)C)c1. The largest absolute Gasteiger partial charge is 0.0985 e. The van der Waals surface area contributed by atoms with Crippen molar-refractivity contribution in [2.45, 2.75) is 119 Å². The summed E-state index contributed by atoms with van der Waals surface area (Å²) in [6, 6.07) is 13.5. The van der Waals surface area contributed by atoms with Crippen LogP contribution in [0, 0.1) is 6.92 Å². The van der Waals surface area contributed by atoms with Crippen LogP contribution in [0.2, 0.25) is 0 Å². The highest BCUT2D eigenvalue weighted by molar-refractivity contribution is 5.47. The van der Waals surface area contributed by atoms with Gasteiger partial charge in [-0.25, -0.2) is 0 Å². The molecule has 0 aliphatic rings. The van der Waals surface area contributed by atoms with Crippen molar-refractivity contribution in [3.05, 3.63) is 88.0 Å². The van der Waals surface area contributed by atoms with Gasteiger partial charge in [0, 0.05) is 0 Å². The third-order valence-electron chi connectivity index (χ3n) is 6.97. The van der Waals surface area contributed by atoms with Crippen molar-refractivity contribution in [1.82, 2.24) is 0 Å². The average molecular weight is 461 g/mol. The Morgan fingerprint density at radius 1 is 0.941 bits per heavy atom. The third-order valence-corrected chi connectivity index (χ3v) is 6.97. The molecule has 0 fully saturated rings. The van der Waals surface area contributed by atoms with Gasteiger partial charge >= 0.3 is 0 Å². The minimum absolute atomic E-state index is 0.216. The predicted molar refractivity (Wildman–Crippen MR) is 156 cm³/mol. The Balaban J connectivity index is 0.000000350. The lowest BCUT2D eigenvalue weighted by atomic mass is 9.74. The number of allylic oxidation sites excluding steroid dienone is 2. The fourth-order valence-corrected chi connectivity index (χ4v) is 4.35. The maximum atomic E-state index is 3.75. The Kier molecular flexibility index (Phi) is 11.6. The molecule has 0 bridgehead atoms. The van der Waals surface area contributed by atoms with E-state index in [4.69, 9.17) is 0 Å². The van der Waals surface area contributed by atoms with Gasteiger partial charge in [-0.2, -0.15) is 0 Å². The van der Waals surface area contributed by atoms with Gasteiger partial charge in [0.1, 0.15) is 0 Å². The monoisotopic (exact) mass is 460 g/mol. The first-order valence-corrected chi connectivity index (χ1v) is 13.2. The molecule has 0 amide bonds. The van der Waals surface area contributed by atoms with Crippen LogP contribution in [0.5, 0.6) is 0 Å². The zero-order valence-corrected chi connectivity index (χ0v) is 24.2. The van der Waals surface area contributed by atoms with Gasteiger partial charge in [-0.05, 0) is 96.6 Å². The van der Waals surface area contributed by atoms with Gasteiger partial charge in [0.05, 0.1) is 0 Å². The minimum atomic E-state index is 0.216. The van der Waals surface area contributed by atoms with Crippen LogP contribution in [0.25, 0.3) is 6.08 Å². The second kappa shape index (κ2) is 13.1. The van der Waals surface area contributed by atoms with Gasteiger partial charge in [-0.3, -0.25) is 0 Å². The van der Waals surface area contributed by atoms with Crippen LogP contribution >= 0.6 is 0 Å². The van der Waals surface area contributed by atoms with Crippen LogP contribution < -0.4 is 0 Å². The summed E-state index contributed by atoms with van der Waals surface area (Å²) in [6.07, 6.45) is 8.90. The van der Waals surface area contributed by atoms with Crippen molar-refractivity contribution in [2.24, 2.45) is 0 Å². The van der Waals surface area contributed by atoms with E-state index in [2.05, 4.69) is 125 Å². The first-order valence-electron chi connectivity index (χ1n) is 13.2. The van der Waals surface area contributed by atoms with Gasteiger partial charge in [0.2, 0.25) is 0 Å². The molecule has 0 aliphatic carbocycles. The van der Waals surface area contributed by atoms with E-state index in [1.807, 2.05) is 6.08 Å². The zero-order chi connectivity index (χ0) is 26.1. The first-order chi connectivity index (χ1) is 15.7. The Morgan fingerprint density at radius 3 is 1.82 bits per heavy atom. The van der Waals surface area contributed by atoms with E-state index in [1.165, 1.54) is 64.6 Å². The average Bonchev–Trinajstić information content (AvgIpc) is 2.77. The molecule has 0 aromatic heterocycles. The van der Waals surface area contributed by atoms with Gasteiger partial charge in [0.25, 0.3) is 0 Å². The Bertz CT molecular complexity index is 888. The number of benzene rings is 2. The van der Waals surface area contributed by atoms with Crippen molar-refractivity contribution in [3.63, 3.8) is 0 Å². The van der Waals surface area contributed by atoms with E-state index < -0.39 is 0 Å². The molecule has 2 aromatic rings. The summed E-state index contributed by atoms with van der Waals surface area (Å²) in [4.78, 5) is 0. The van der Waals surface area contributed by atoms with Crippen LogP contribution in [-0.2, 0) is 17.3 Å². The van der Waals surface area contributed by atoms with Gasteiger partial charge < -0.3 is 0 Å². The van der Waals surface area contributed by atoms with Crippen molar-refractivity contribution >= 4 is 6.08 Å². The summed E-state index contributed by atoms with van der Waals surface area (Å²) in [5.74, 6) is 0.641. The summed E-state index contributed by atoms with van der Waals surface area (Å²) in [6.45, 7) is 28.9. The van der Waals surface area contributed by atoms with Gasteiger partial charge in [0.15, 0.2) is 0 Å². The summed E-state index contributed by atoms with van der Waals surface area (Å²) in [5, 5.41) is 0. The summed E-state index contributed by atoms with van der Waals surface area (Å²) < 4.78 is 0. The highest BCUT2D eigenvalue weighted by Crippen LogP contribution is 2.36. The highest BCUT2D eigenvalue weighted by Gasteiger charge is 2.25. The van der Waals surface area contributed by atoms with E-state index in [9.17, 15) is 0 Å². The quantitative estimate of drug-likeness (QED) is 0.360. The van der Waals surface area contributed by atoms with Crippen molar-refractivity contribution in [3.8, 4) is 0 Å². The molecule has 0 radical (unpaired) electrons. The molecule has 0 N–H and O–H groups in total. The van der Waals surface area contributed by atoms with Crippen molar-refractivity contribution in [2.75, 3.05) is 0 Å². The third kappa shape index (κ3) is 9.28. The lowest BCUT2D eigenvalue weighted by molar-refractivity contribution is 0.556. The molecule has 0 heterocycles. The predicted octanol–water partition coefficient (Wildman–Crippen LogP) is 10.7. The minimum Gasteiger partial charge on any atom is -0.0985 e. The van der Waals surface area contributed by atoms with Crippen LogP contribution in [0.15, 0.2) is 54.6 Å². The lowest BCUT2D eigenvalue weighted by Crippen LogP contribution is -2.20. The number of hydrogen-bond donors (Lipinski definition) is 0. The van der Waals surface area contributed by atoms with E-state index in [0.717, 1.165) is 0 Å². The van der Waals surface area contributed by atoms with Crippen LogP contribution in [0.4, 0.5) is 0 Å². The number of aryl methyl sites for hydroxylation is 1. The van der Waals surface area contributed by atoms with Crippen molar-refractivity contribution in [1.29, 1.82) is 0 Å². The molecule has 0 aliphatic heterocycles. The smallest absolute Gasteiger partial charge is 0.0129 e. The van der Waals surface area contributed by atoms with E-state index in [0.29, 0.717) is 5.92 Å². The Labute approximate surface area is 212 Å². The number of rotatable bonds is 7. The maximum Gasteiger partial charge on any atom is -0.0129 e. The molecule has 34 heavy (non-hydrogen) atoms. The molecule has 1 atom stereocenters. The molecule has 1 unspecified atom stereocenters. The molecule has 2 aromatic carbocycles. The van der Waals surface area contributed by atoms with Crippen LogP contribution in [0.1, 0.15) is 128 Å². The maximum absolute atomic E-state index is 3.75. The normalized spacial score (nSPS) is 13.2. The molecule has 188 valence electrons. The highest BCUT2D eigenvalue weighted by atomic mass is 14.3. The van der Waals surface area contributed by atoms with E-state index in [-0.39, 0.29) is 10.8 Å². The second-order valence-corrected chi connectivity index (χ2v) is 12.0. The fraction of sp³-hybridized carbons (Fsp3) is 0.529. The standard InChI is InChI=1S/C19H32.C15H20/c1-10-13(2)15-11-16(18(4,5)6)14(3)17(12-15)19(7,8)9;1-4-13(3)7-6-8-15-11-9-14(5-2)10-12-15/h11-13H,10H2,1-9H3;4-5,9-12H,2,6-8H2,1,3H3/b;13-4+. The van der Waals surface area contributed by atoms with Gasteiger partial charge in [-0.15, -0.1) is 0 Å². The van der Waals surface area contributed by atoms with Crippen LogP contribution in [0.3, 0.4) is 0 Å². The number of hydrogen-bond acceptors (Lipinski definition) is 0. The molecule has 0 saturated heterocycles. The molecule has 0 heteroatoms. The van der Waals surface area contributed by atoms with Gasteiger partial charge in [-0.1, -0.05) is 116 Å². The molecule has 0 saturated carbocycles. The fourth-order valence-electron chi connectivity index (χ4n) is 4.35. The molecule has 0 nitrogen and oxygen atoms in total. The molecule has 2 rings (SSSR count). The van der Waals surface area contributed by atoms with Crippen LogP contribution in [-0.4, -0.2) is 0 Å². The summed E-state index contributed by atoms with van der Waals surface area (Å²) in [5.41, 5.74) is 10.5. The zero-order valence-electron chi connectivity index (χ0n) is 24.2. The van der Waals surface area contributed by atoms with E-state index in [1.54, 1.807) is 0 Å². The summed E-state index contributed by atoms with van der Waals surface area (Å²) >= 11 is 0. The topological polar surface area (TPSA) is 0 Å². The molecular formula is C34H52. The molecule has 0 spiro atoms. The first kappa shape index (κ1) is 30.0. The van der Waals surface area contributed by atoms with E-state index >= 15 is 0 Å². The summed E-state index contributed by atoms with van der Waals surface area (Å²) in [7, 11) is 0.